The summed E-state index contributed by atoms with van der Waals surface area (Å²) < 4.78 is 0. The van der Waals surface area contributed by atoms with Crippen molar-refractivity contribution in [1.82, 2.24) is 15.0 Å². The van der Waals surface area contributed by atoms with Gasteiger partial charge in [-0.3, -0.25) is 4.98 Å². The lowest BCUT2D eigenvalue weighted by molar-refractivity contribution is 0.455. The molecule has 0 radical (unpaired) electrons. The normalized spacial score (nSPS) is 10.1. The van der Waals surface area contributed by atoms with E-state index >= 15 is 0 Å². The maximum absolute atomic E-state index is 9.37. The minimum absolute atomic E-state index is 0.0466. The fraction of sp³-hybridized carbons (Fsp3) is 0. The van der Waals surface area contributed by atoms with Crippen LogP contribution in [0.3, 0.4) is 0 Å². The maximum atomic E-state index is 9.37. The van der Waals surface area contributed by atoms with Crippen molar-refractivity contribution in [2.45, 2.75) is 0 Å². The highest BCUT2D eigenvalue weighted by Gasteiger charge is 2.08. The Hall–Kier alpha value is -2.11. The Bertz CT molecular complexity index is 489. The molecule has 74 valence electrons. The van der Waals surface area contributed by atoms with Crippen LogP contribution in [0.5, 0.6) is 5.88 Å². The molecule has 0 saturated heterocycles. The van der Waals surface area contributed by atoms with E-state index in [1.165, 1.54) is 0 Å². The number of nitrogens with two attached hydrogens (primary N) is 1. The molecule has 6 heteroatoms. The number of hydrogen-bond donors (Lipinski definition) is 2. The van der Waals surface area contributed by atoms with Crippen molar-refractivity contribution in [3.05, 3.63) is 24.5 Å². The molecular formula is C9H9BN4O. The van der Waals surface area contributed by atoms with E-state index in [9.17, 15) is 5.11 Å². The van der Waals surface area contributed by atoms with E-state index in [-0.39, 0.29) is 11.7 Å². The minimum atomic E-state index is -0.243. The molecule has 0 spiro atoms. The average molecular weight is 200 g/mol. The number of anilines is 1. The van der Waals surface area contributed by atoms with Gasteiger partial charge in [-0.1, -0.05) is 0 Å². The van der Waals surface area contributed by atoms with E-state index in [0.29, 0.717) is 11.3 Å². The molecule has 0 saturated carbocycles. The third-order valence-electron chi connectivity index (χ3n) is 2.03. The molecule has 0 amide bonds. The molecule has 0 atom stereocenters. The van der Waals surface area contributed by atoms with Crippen LogP contribution >= 0.6 is 0 Å². The van der Waals surface area contributed by atoms with Crippen LogP contribution in [0.25, 0.3) is 11.3 Å². The summed E-state index contributed by atoms with van der Waals surface area (Å²) in [6, 6.07) is 3.60. The summed E-state index contributed by atoms with van der Waals surface area (Å²) in [5.74, 6) is -0.197. The van der Waals surface area contributed by atoms with Crippen LogP contribution < -0.4 is 11.3 Å². The predicted molar refractivity (Wildman–Crippen MR) is 59.5 cm³/mol. The van der Waals surface area contributed by atoms with Gasteiger partial charge in [-0.15, -0.1) is 0 Å². The predicted octanol–water partition coefficient (Wildman–Crippen LogP) is -0.915. The summed E-state index contributed by atoms with van der Waals surface area (Å²) in [4.78, 5) is 11.9. The number of nitrogens with zero attached hydrogens (tertiary/aromatic N) is 3. The second-order valence-corrected chi connectivity index (χ2v) is 3.10. The van der Waals surface area contributed by atoms with Crippen LogP contribution in [0.15, 0.2) is 24.5 Å². The molecule has 0 bridgehead atoms. The van der Waals surface area contributed by atoms with Crippen LogP contribution in [0.2, 0.25) is 0 Å². The van der Waals surface area contributed by atoms with E-state index in [1.54, 1.807) is 32.4 Å². The number of aromatic nitrogens is 3. The molecule has 3 N–H and O–H groups in total. The fourth-order valence-corrected chi connectivity index (χ4v) is 1.31. The number of pyridine rings is 1. The van der Waals surface area contributed by atoms with Gasteiger partial charge < -0.3 is 10.8 Å². The molecule has 0 aliphatic rings. The Labute approximate surface area is 87.4 Å². The second-order valence-electron chi connectivity index (χ2n) is 3.10. The topological polar surface area (TPSA) is 84.9 Å². The molecule has 2 aromatic heterocycles. The molecule has 0 unspecified atom stereocenters. The summed E-state index contributed by atoms with van der Waals surface area (Å²) in [5, 5.41) is 9.37. The largest absolute Gasteiger partial charge is 0.491 e. The lowest BCUT2D eigenvalue weighted by Crippen LogP contribution is -2.16. The molecule has 2 aromatic rings. The first-order chi connectivity index (χ1) is 7.18. The number of aromatic hydroxyl groups is 1. The maximum Gasteiger partial charge on any atom is 0.255 e. The van der Waals surface area contributed by atoms with E-state index in [2.05, 4.69) is 15.0 Å². The molecule has 2 rings (SSSR count). The number of hydrogen-bond acceptors (Lipinski definition) is 5. The number of rotatable bonds is 1. The van der Waals surface area contributed by atoms with Crippen molar-refractivity contribution in [1.29, 1.82) is 0 Å². The van der Waals surface area contributed by atoms with E-state index in [4.69, 9.17) is 5.73 Å². The van der Waals surface area contributed by atoms with Gasteiger partial charge in [-0.25, -0.2) is 9.97 Å². The van der Waals surface area contributed by atoms with Gasteiger partial charge in [0.25, 0.3) is 5.88 Å². The van der Waals surface area contributed by atoms with Crippen molar-refractivity contribution >= 4 is 19.3 Å². The van der Waals surface area contributed by atoms with Gasteiger partial charge >= 0.3 is 0 Å². The van der Waals surface area contributed by atoms with Crippen molar-refractivity contribution in [3.63, 3.8) is 0 Å². The van der Waals surface area contributed by atoms with Gasteiger partial charge in [0.1, 0.15) is 0 Å². The van der Waals surface area contributed by atoms with E-state index in [1.807, 2.05) is 0 Å². The van der Waals surface area contributed by atoms with Crippen LogP contribution in [0.1, 0.15) is 0 Å². The van der Waals surface area contributed by atoms with Crippen molar-refractivity contribution < 1.29 is 5.11 Å². The van der Waals surface area contributed by atoms with Crippen molar-refractivity contribution in [2.75, 3.05) is 5.73 Å². The average Bonchev–Trinajstić information content (AvgIpc) is 2.25. The zero-order valence-electron chi connectivity index (χ0n) is 8.18. The fourth-order valence-electron chi connectivity index (χ4n) is 1.31. The molecule has 15 heavy (non-hydrogen) atoms. The minimum Gasteiger partial charge on any atom is -0.491 e. The van der Waals surface area contributed by atoms with E-state index in [0.717, 1.165) is 5.56 Å². The van der Waals surface area contributed by atoms with Gasteiger partial charge in [0.15, 0.2) is 13.7 Å². The van der Waals surface area contributed by atoms with Crippen LogP contribution in [-0.4, -0.2) is 27.9 Å². The number of nitrogen functional groups attached to an aromatic ring is 1. The first-order valence-corrected chi connectivity index (χ1v) is 4.42. The molecular weight excluding hydrogens is 191 g/mol. The standard InChI is InChI=1S/C9H9BN4O/c10-7-6(5-1-3-12-4-2-5)13-9(15)8(11)14-7/h1-4H,10H2,(H2,11,14)(H,13,15). The molecule has 5 nitrogen and oxygen atoms in total. The monoisotopic (exact) mass is 200 g/mol. The second kappa shape index (κ2) is 3.57. The zero-order chi connectivity index (χ0) is 10.8. The summed E-state index contributed by atoms with van der Waals surface area (Å²) in [6.07, 6.45) is 3.31. The zero-order valence-corrected chi connectivity index (χ0v) is 8.18. The summed E-state index contributed by atoms with van der Waals surface area (Å²) >= 11 is 0. The quantitative estimate of drug-likeness (QED) is 0.581. The van der Waals surface area contributed by atoms with Crippen molar-refractivity contribution in [3.8, 4) is 17.1 Å². The van der Waals surface area contributed by atoms with Gasteiger partial charge in [-0.2, -0.15) is 0 Å². The summed E-state index contributed by atoms with van der Waals surface area (Å²) in [6.45, 7) is 0. The Morgan fingerprint density at radius 2 is 1.87 bits per heavy atom. The Kier molecular flexibility index (Phi) is 2.25. The van der Waals surface area contributed by atoms with Gasteiger partial charge in [-0.05, 0) is 12.1 Å². The van der Waals surface area contributed by atoms with Gasteiger partial charge in [0.2, 0.25) is 0 Å². The van der Waals surface area contributed by atoms with Gasteiger partial charge in [0, 0.05) is 23.6 Å². The summed E-state index contributed by atoms with van der Waals surface area (Å²) in [7, 11) is 1.79. The lowest BCUT2D eigenvalue weighted by atomic mass is 9.97. The highest BCUT2D eigenvalue weighted by atomic mass is 16.3. The smallest absolute Gasteiger partial charge is 0.255 e. The van der Waals surface area contributed by atoms with Crippen LogP contribution in [0, 0.1) is 0 Å². The van der Waals surface area contributed by atoms with Crippen LogP contribution in [0.4, 0.5) is 5.82 Å². The SMILES string of the molecule is Bc1nc(N)c(O)nc1-c1ccncc1. The molecule has 0 aliphatic carbocycles. The first-order valence-electron chi connectivity index (χ1n) is 4.42. The first kappa shape index (κ1) is 9.45. The Morgan fingerprint density at radius 1 is 1.20 bits per heavy atom. The van der Waals surface area contributed by atoms with E-state index < -0.39 is 0 Å². The Balaban J connectivity index is 2.59. The third kappa shape index (κ3) is 1.74. The molecule has 0 aromatic carbocycles. The molecule has 2 heterocycles. The third-order valence-corrected chi connectivity index (χ3v) is 2.03. The van der Waals surface area contributed by atoms with Crippen LogP contribution in [-0.2, 0) is 0 Å². The highest BCUT2D eigenvalue weighted by molar-refractivity contribution is 6.34. The summed E-state index contributed by atoms with van der Waals surface area (Å²) in [5.41, 5.74) is 7.58. The lowest BCUT2D eigenvalue weighted by Gasteiger charge is -2.06. The molecule has 0 fully saturated rings. The molecule has 0 aliphatic heterocycles. The van der Waals surface area contributed by atoms with Crippen molar-refractivity contribution in [2.24, 2.45) is 0 Å². The van der Waals surface area contributed by atoms with Gasteiger partial charge in [0.05, 0.1) is 5.69 Å². The highest BCUT2D eigenvalue weighted by Crippen LogP contribution is 2.18. The Morgan fingerprint density at radius 3 is 2.53 bits per heavy atom.